The number of piperidine rings is 1. The first-order valence-corrected chi connectivity index (χ1v) is 15.6. The highest BCUT2D eigenvalue weighted by molar-refractivity contribution is 7.22. The van der Waals surface area contributed by atoms with Crippen LogP contribution in [-0.2, 0) is 16.1 Å². The molecular formula is C31H35FN4O7S. The van der Waals surface area contributed by atoms with Gasteiger partial charge in [-0.3, -0.25) is 14.2 Å². The molecular weight excluding hydrogens is 591 g/mol. The topological polar surface area (TPSA) is 129 Å². The van der Waals surface area contributed by atoms with E-state index in [1.807, 2.05) is 0 Å². The lowest BCUT2D eigenvalue weighted by Gasteiger charge is -2.32. The number of amides is 1. The zero-order chi connectivity index (χ0) is 31.1. The highest BCUT2D eigenvalue weighted by Gasteiger charge is 2.34. The molecule has 4 aromatic rings. The number of aliphatic hydroxyl groups is 1. The first-order valence-electron chi connectivity index (χ1n) is 14.8. The number of thiophene rings is 1. The maximum Gasteiger partial charge on any atom is 0.332 e. The Kier molecular flexibility index (Phi) is 8.44. The summed E-state index contributed by atoms with van der Waals surface area (Å²) >= 11 is 1.19. The van der Waals surface area contributed by atoms with Gasteiger partial charge in [-0.15, -0.1) is 11.3 Å². The zero-order valence-corrected chi connectivity index (χ0v) is 25.6. The van der Waals surface area contributed by atoms with E-state index < -0.39 is 35.3 Å². The fourth-order valence-corrected chi connectivity index (χ4v) is 7.58. The number of methoxy groups -OCH3 is 1. The van der Waals surface area contributed by atoms with Crippen molar-refractivity contribution in [1.29, 1.82) is 0 Å². The average molecular weight is 627 g/mol. The van der Waals surface area contributed by atoms with Crippen molar-refractivity contribution in [2.75, 3.05) is 20.7 Å². The Hall–Kier alpha value is -3.81. The van der Waals surface area contributed by atoms with Gasteiger partial charge in [0.1, 0.15) is 34.8 Å². The summed E-state index contributed by atoms with van der Waals surface area (Å²) in [5, 5.41) is 10.4. The number of hydrogen-bond donors (Lipinski definition) is 1. The van der Waals surface area contributed by atoms with Crippen LogP contribution >= 0.6 is 11.3 Å². The average Bonchev–Trinajstić information content (AvgIpc) is 3.66. The van der Waals surface area contributed by atoms with Gasteiger partial charge in [0.25, 0.3) is 5.56 Å². The molecule has 0 spiro atoms. The lowest BCUT2D eigenvalue weighted by molar-refractivity contribution is -0.136. The van der Waals surface area contributed by atoms with Gasteiger partial charge in [0.05, 0.1) is 42.3 Å². The van der Waals surface area contributed by atoms with E-state index in [0.717, 1.165) is 4.57 Å². The molecule has 2 fully saturated rings. The molecule has 0 bridgehead atoms. The second-order valence-corrected chi connectivity index (χ2v) is 12.5. The number of likely N-dealkylation sites (N-methyl/N-ethyl adjacent to an activating group) is 1. The number of halogens is 1. The summed E-state index contributed by atoms with van der Waals surface area (Å²) in [4.78, 5) is 48.6. The van der Waals surface area contributed by atoms with Crippen LogP contribution < -0.4 is 16.0 Å². The van der Waals surface area contributed by atoms with Gasteiger partial charge in [-0.2, -0.15) is 0 Å². The molecule has 1 amide bonds. The van der Waals surface area contributed by atoms with Crippen molar-refractivity contribution in [3.8, 4) is 16.5 Å². The number of nitrogens with zero attached hydrogens (tertiary/aromatic N) is 4. The Morgan fingerprint density at radius 3 is 2.66 bits per heavy atom. The molecule has 0 unspecified atom stereocenters. The normalized spacial score (nSPS) is 21.6. The van der Waals surface area contributed by atoms with E-state index in [9.17, 15) is 23.9 Å². The van der Waals surface area contributed by atoms with Crippen LogP contribution in [0, 0.1) is 12.7 Å². The van der Waals surface area contributed by atoms with E-state index in [4.69, 9.17) is 13.9 Å². The van der Waals surface area contributed by atoms with Crippen molar-refractivity contribution < 1.29 is 28.2 Å². The molecule has 234 valence electrons. The molecule has 11 nitrogen and oxygen atoms in total. The van der Waals surface area contributed by atoms with Crippen LogP contribution in [0.5, 0.6) is 5.75 Å². The first kappa shape index (κ1) is 30.2. The Balaban J connectivity index is 1.56. The van der Waals surface area contributed by atoms with E-state index in [1.165, 1.54) is 58.6 Å². The smallest absolute Gasteiger partial charge is 0.332 e. The summed E-state index contributed by atoms with van der Waals surface area (Å²) in [6.07, 6.45) is 4.72. The Morgan fingerprint density at radius 2 is 1.95 bits per heavy atom. The van der Waals surface area contributed by atoms with E-state index in [2.05, 4.69) is 4.98 Å². The van der Waals surface area contributed by atoms with E-state index >= 15 is 0 Å². The SMILES string of the molecule is COc1ccc(F)cc1[C@H](Cn1c(=O)n([C@H]2CCCN(C)C2=O)c(=O)c2c(C)c(-c3ncco3)sc21)OC1CCC(O)CC1. The molecule has 1 aliphatic carbocycles. The number of rotatable bonds is 8. The second-order valence-electron chi connectivity index (χ2n) is 11.5. The van der Waals surface area contributed by atoms with E-state index in [1.54, 1.807) is 14.0 Å². The molecule has 1 aliphatic heterocycles. The highest BCUT2D eigenvalue weighted by atomic mass is 32.1. The summed E-state index contributed by atoms with van der Waals surface area (Å²) in [7, 11) is 3.14. The summed E-state index contributed by atoms with van der Waals surface area (Å²) in [6.45, 7) is 2.22. The number of carbonyl (C=O) groups is 1. The van der Waals surface area contributed by atoms with Crippen LogP contribution in [0.25, 0.3) is 21.0 Å². The van der Waals surface area contributed by atoms with Crippen molar-refractivity contribution in [3.63, 3.8) is 0 Å². The number of carbonyl (C=O) groups excluding carboxylic acids is 1. The number of hydrogen-bond acceptors (Lipinski definition) is 9. The standard InChI is InChI=1S/C31H35FN4O7S/c1-17-25-29(39)36(22-5-4-13-34(2)28(22)38)31(40)35(30(25)44-26(17)27-33-12-14-42-27)16-24(43-20-9-7-19(37)8-10-20)21-15-18(32)6-11-23(21)41-3/h6,11-12,14-15,19-20,22,24,37H,4-5,7-10,13,16H2,1-3H3/t19?,20?,22-,24-/m0/s1. The molecule has 2 aliphatic rings. The van der Waals surface area contributed by atoms with Crippen LogP contribution in [0.15, 0.2) is 44.7 Å². The molecule has 4 heterocycles. The van der Waals surface area contributed by atoms with Gasteiger partial charge < -0.3 is 23.9 Å². The lowest BCUT2D eigenvalue weighted by atomic mass is 9.94. The number of likely N-dealkylation sites (tertiary alicyclic amines) is 1. The molecule has 0 radical (unpaired) electrons. The number of ether oxygens (including phenoxy) is 2. The van der Waals surface area contributed by atoms with Crippen molar-refractivity contribution in [3.05, 3.63) is 68.4 Å². The number of aryl methyl sites for hydroxylation is 1. The maximum absolute atomic E-state index is 14.7. The molecule has 13 heteroatoms. The van der Waals surface area contributed by atoms with Crippen LogP contribution in [-0.4, -0.2) is 62.9 Å². The Labute approximate surface area is 256 Å². The number of benzene rings is 1. The van der Waals surface area contributed by atoms with Crippen LogP contribution in [0.3, 0.4) is 0 Å². The quantitative estimate of drug-likeness (QED) is 0.308. The van der Waals surface area contributed by atoms with Crippen molar-refractivity contribution in [1.82, 2.24) is 19.0 Å². The first-order chi connectivity index (χ1) is 21.2. The number of aliphatic hydroxyl groups excluding tert-OH is 1. The third kappa shape index (κ3) is 5.48. The molecule has 6 rings (SSSR count). The summed E-state index contributed by atoms with van der Waals surface area (Å²) in [5.41, 5.74) is -0.215. The van der Waals surface area contributed by atoms with Crippen LogP contribution in [0.1, 0.15) is 61.8 Å². The third-order valence-corrected chi connectivity index (χ3v) is 10.0. The molecule has 1 N–H and O–H groups in total. The van der Waals surface area contributed by atoms with Crippen molar-refractivity contribution in [2.24, 2.45) is 0 Å². The van der Waals surface area contributed by atoms with E-state index in [-0.39, 0.29) is 23.9 Å². The van der Waals surface area contributed by atoms with Gasteiger partial charge >= 0.3 is 5.69 Å². The van der Waals surface area contributed by atoms with E-state index in [0.29, 0.717) is 77.5 Å². The van der Waals surface area contributed by atoms with Gasteiger partial charge in [-0.05, 0) is 69.2 Å². The van der Waals surface area contributed by atoms with Crippen molar-refractivity contribution >= 4 is 27.5 Å². The fourth-order valence-electron chi connectivity index (χ4n) is 6.34. The maximum atomic E-state index is 14.7. The second kappa shape index (κ2) is 12.3. The van der Waals surface area contributed by atoms with Gasteiger partial charge in [-0.25, -0.2) is 18.7 Å². The van der Waals surface area contributed by atoms with Gasteiger partial charge in [0.2, 0.25) is 11.8 Å². The Morgan fingerprint density at radius 1 is 1.18 bits per heavy atom. The molecule has 1 saturated heterocycles. The largest absolute Gasteiger partial charge is 0.496 e. The molecule has 2 atom stereocenters. The summed E-state index contributed by atoms with van der Waals surface area (Å²) in [6, 6.07) is 3.17. The zero-order valence-electron chi connectivity index (χ0n) is 24.8. The molecule has 1 aromatic carbocycles. The number of oxazole rings is 1. The minimum atomic E-state index is -0.961. The van der Waals surface area contributed by atoms with Gasteiger partial charge in [0, 0.05) is 19.2 Å². The van der Waals surface area contributed by atoms with Crippen LogP contribution in [0.2, 0.25) is 0 Å². The molecule has 1 saturated carbocycles. The predicted molar refractivity (Wildman–Crippen MR) is 162 cm³/mol. The highest BCUT2D eigenvalue weighted by Crippen LogP contribution is 2.38. The third-order valence-electron chi connectivity index (χ3n) is 8.70. The molecule has 44 heavy (non-hydrogen) atoms. The predicted octanol–water partition coefficient (Wildman–Crippen LogP) is 4.19. The van der Waals surface area contributed by atoms with Crippen molar-refractivity contribution in [2.45, 2.75) is 76.3 Å². The number of aromatic nitrogens is 3. The lowest BCUT2D eigenvalue weighted by Crippen LogP contribution is -2.49. The summed E-state index contributed by atoms with van der Waals surface area (Å²) < 4.78 is 34.9. The van der Waals surface area contributed by atoms with Crippen LogP contribution in [0.4, 0.5) is 4.39 Å². The Bertz CT molecular complexity index is 1790. The monoisotopic (exact) mass is 626 g/mol. The minimum Gasteiger partial charge on any atom is -0.496 e. The van der Waals surface area contributed by atoms with Gasteiger partial charge in [-0.1, -0.05) is 0 Å². The minimum absolute atomic E-state index is 0.0871. The number of fused-ring (bicyclic) bond motifs is 1. The van der Waals surface area contributed by atoms with Gasteiger partial charge in [0.15, 0.2) is 0 Å². The summed E-state index contributed by atoms with van der Waals surface area (Å²) in [5.74, 6) is -0.105. The fraction of sp³-hybridized carbons (Fsp3) is 0.484. The molecule has 3 aromatic heterocycles.